The van der Waals surface area contributed by atoms with Gasteiger partial charge in [0.05, 0.1) is 6.04 Å². The number of rotatable bonds is 3. The predicted molar refractivity (Wildman–Crippen MR) is 70.7 cm³/mol. The van der Waals surface area contributed by atoms with Crippen LogP contribution in [0.1, 0.15) is 33.6 Å². The highest BCUT2D eigenvalue weighted by molar-refractivity contribution is 5.81. The van der Waals surface area contributed by atoms with E-state index in [4.69, 9.17) is 5.73 Å². The maximum Gasteiger partial charge on any atom is 0.239 e. The monoisotopic (exact) mass is 241 g/mol. The van der Waals surface area contributed by atoms with E-state index in [9.17, 15) is 4.79 Å². The van der Waals surface area contributed by atoms with Gasteiger partial charge in [-0.3, -0.25) is 9.69 Å². The number of nitrogens with zero attached hydrogens (tertiary/aromatic N) is 2. The predicted octanol–water partition coefficient (Wildman–Crippen LogP) is 0.912. The molecule has 1 aliphatic heterocycles. The van der Waals surface area contributed by atoms with Crippen LogP contribution in [0.3, 0.4) is 0 Å². The number of carbonyl (C=O) groups is 1. The van der Waals surface area contributed by atoms with Crippen molar-refractivity contribution in [1.29, 1.82) is 0 Å². The van der Waals surface area contributed by atoms with Crippen molar-refractivity contribution >= 4 is 5.91 Å². The van der Waals surface area contributed by atoms with E-state index >= 15 is 0 Å². The van der Waals surface area contributed by atoms with Gasteiger partial charge in [-0.2, -0.15) is 0 Å². The number of nitrogens with two attached hydrogens (primary N) is 1. The van der Waals surface area contributed by atoms with Gasteiger partial charge in [-0.05, 0) is 24.8 Å². The molecule has 0 spiro atoms. The van der Waals surface area contributed by atoms with E-state index < -0.39 is 0 Å². The third-order valence-corrected chi connectivity index (χ3v) is 3.64. The second-order valence-corrected chi connectivity index (χ2v) is 6.25. The minimum absolute atomic E-state index is 0.0257. The topological polar surface area (TPSA) is 49.6 Å². The molecule has 100 valence electrons. The number of carbonyl (C=O) groups excluding carboxylic acids is 1. The quantitative estimate of drug-likeness (QED) is 0.799. The highest BCUT2D eigenvalue weighted by Crippen LogP contribution is 2.30. The number of likely N-dealkylation sites (tertiary alicyclic amines) is 1. The third-order valence-electron chi connectivity index (χ3n) is 3.64. The summed E-state index contributed by atoms with van der Waals surface area (Å²) in [6.45, 7) is 8.18. The minimum Gasteiger partial charge on any atom is -0.347 e. The summed E-state index contributed by atoms with van der Waals surface area (Å²) in [7, 11) is 3.65. The van der Waals surface area contributed by atoms with E-state index in [0.29, 0.717) is 6.54 Å². The van der Waals surface area contributed by atoms with Gasteiger partial charge >= 0.3 is 0 Å². The molecule has 0 radical (unpaired) electrons. The van der Waals surface area contributed by atoms with Crippen LogP contribution in [0.25, 0.3) is 0 Å². The molecule has 4 nitrogen and oxygen atoms in total. The van der Waals surface area contributed by atoms with Crippen molar-refractivity contribution in [2.45, 2.75) is 45.7 Å². The Morgan fingerprint density at radius 3 is 2.47 bits per heavy atom. The zero-order chi connectivity index (χ0) is 13.2. The number of amides is 1. The van der Waals surface area contributed by atoms with Gasteiger partial charge in [0.25, 0.3) is 0 Å². The maximum absolute atomic E-state index is 12.1. The summed E-state index contributed by atoms with van der Waals surface area (Å²) in [5, 5.41) is 0. The molecule has 2 unspecified atom stereocenters. The van der Waals surface area contributed by atoms with E-state index in [1.807, 2.05) is 14.1 Å². The molecule has 0 aliphatic carbocycles. The summed E-state index contributed by atoms with van der Waals surface area (Å²) in [6.07, 6.45) is 2.06. The Kier molecular flexibility index (Phi) is 4.55. The molecule has 1 aliphatic rings. The zero-order valence-corrected chi connectivity index (χ0v) is 11.9. The Balaban J connectivity index is 2.84. The van der Waals surface area contributed by atoms with Crippen molar-refractivity contribution in [3.05, 3.63) is 0 Å². The Bertz CT molecular complexity index is 270. The molecule has 1 amide bonds. The Labute approximate surface area is 105 Å². The molecular formula is C13H27N3O. The SMILES string of the molecule is CN(C)C(=O)C1CCCN1C(CN)C(C)(C)C. The van der Waals surface area contributed by atoms with E-state index in [0.717, 1.165) is 19.4 Å². The molecule has 1 fully saturated rings. The lowest BCUT2D eigenvalue weighted by Gasteiger charge is -2.40. The normalized spacial score (nSPS) is 23.8. The molecule has 2 N–H and O–H groups in total. The smallest absolute Gasteiger partial charge is 0.239 e. The number of hydrogen-bond acceptors (Lipinski definition) is 3. The van der Waals surface area contributed by atoms with E-state index in [2.05, 4.69) is 25.7 Å². The summed E-state index contributed by atoms with van der Waals surface area (Å²) in [4.78, 5) is 16.1. The summed E-state index contributed by atoms with van der Waals surface area (Å²) in [5.41, 5.74) is 6.03. The fourth-order valence-corrected chi connectivity index (χ4v) is 2.71. The van der Waals surface area contributed by atoms with Crippen LogP contribution >= 0.6 is 0 Å². The molecule has 2 atom stereocenters. The van der Waals surface area contributed by atoms with Crippen LogP contribution in [0.15, 0.2) is 0 Å². The first-order chi connectivity index (χ1) is 7.79. The first kappa shape index (κ1) is 14.5. The summed E-state index contributed by atoms with van der Waals surface area (Å²) in [6, 6.07) is 0.302. The fraction of sp³-hybridized carbons (Fsp3) is 0.923. The van der Waals surface area contributed by atoms with Crippen molar-refractivity contribution in [1.82, 2.24) is 9.80 Å². The average Bonchev–Trinajstić information content (AvgIpc) is 2.64. The van der Waals surface area contributed by atoms with Crippen LogP contribution in [0.2, 0.25) is 0 Å². The third kappa shape index (κ3) is 3.19. The first-order valence-corrected chi connectivity index (χ1v) is 6.46. The van der Waals surface area contributed by atoms with Crippen LogP contribution in [0.4, 0.5) is 0 Å². The molecule has 1 rings (SSSR count). The van der Waals surface area contributed by atoms with Crippen molar-refractivity contribution in [3.8, 4) is 0 Å². The van der Waals surface area contributed by atoms with Gasteiger partial charge in [-0.1, -0.05) is 20.8 Å². The molecule has 1 heterocycles. The standard InChI is InChI=1S/C13H27N3O/c1-13(2,3)11(9-14)16-8-6-7-10(16)12(17)15(4)5/h10-11H,6-9,14H2,1-5H3. The van der Waals surface area contributed by atoms with E-state index in [1.165, 1.54) is 0 Å². The van der Waals surface area contributed by atoms with E-state index in [1.54, 1.807) is 4.90 Å². The average molecular weight is 241 g/mol. The minimum atomic E-state index is 0.0257. The number of likely N-dealkylation sites (N-methyl/N-ethyl adjacent to an activating group) is 1. The van der Waals surface area contributed by atoms with Gasteiger partial charge in [-0.25, -0.2) is 0 Å². The molecule has 17 heavy (non-hydrogen) atoms. The molecule has 0 saturated carbocycles. The van der Waals surface area contributed by atoms with Gasteiger partial charge < -0.3 is 10.6 Å². The van der Waals surface area contributed by atoms with Gasteiger partial charge in [-0.15, -0.1) is 0 Å². The number of hydrogen-bond donors (Lipinski definition) is 1. The second-order valence-electron chi connectivity index (χ2n) is 6.25. The van der Waals surface area contributed by atoms with Gasteiger partial charge in [0, 0.05) is 26.7 Å². The molecule has 4 heteroatoms. The van der Waals surface area contributed by atoms with Crippen molar-refractivity contribution < 1.29 is 4.79 Å². The summed E-state index contributed by atoms with van der Waals surface area (Å²) in [5.74, 6) is 0.213. The van der Waals surface area contributed by atoms with Gasteiger partial charge in [0.2, 0.25) is 5.91 Å². The van der Waals surface area contributed by atoms with Crippen molar-refractivity contribution in [2.75, 3.05) is 27.2 Å². The van der Waals surface area contributed by atoms with Gasteiger partial charge in [0.15, 0.2) is 0 Å². The lowest BCUT2D eigenvalue weighted by molar-refractivity contribution is -0.134. The molecule has 0 aromatic carbocycles. The van der Waals surface area contributed by atoms with Gasteiger partial charge in [0.1, 0.15) is 0 Å². The molecule has 0 aromatic heterocycles. The highest BCUT2D eigenvalue weighted by atomic mass is 16.2. The van der Waals surface area contributed by atoms with Crippen LogP contribution in [-0.2, 0) is 4.79 Å². The molecular weight excluding hydrogens is 214 g/mol. The zero-order valence-electron chi connectivity index (χ0n) is 11.9. The lowest BCUT2D eigenvalue weighted by Crippen LogP contribution is -2.54. The highest BCUT2D eigenvalue weighted by Gasteiger charge is 2.39. The van der Waals surface area contributed by atoms with Crippen molar-refractivity contribution in [2.24, 2.45) is 11.1 Å². The van der Waals surface area contributed by atoms with E-state index in [-0.39, 0.29) is 23.4 Å². The van der Waals surface area contributed by atoms with Crippen LogP contribution in [-0.4, -0.2) is 55.0 Å². The van der Waals surface area contributed by atoms with Crippen LogP contribution in [0, 0.1) is 5.41 Å². The summed E-state index contributed by atoms with van der Waals surface area (Å²) >= 11 is 0. The molecule has 0 aromatic rings. The van der Waals surface area contributed by atoms with Crippen molar-refractivity contribution in [3.63, 3.8) is 0 Å². The Morgan fingerprint density at radius 2 is 2.06 bits per heavy atom. The first-order valence-electron chi connectivity index (χ1n) is 6.46. The Morgan fingerprint density at radius 1 is 1.47 bits per heavy atom. The second kappa shape index (κ2) is 5.36. The Hall–Kier alpha value is -0.610. The largest absolute Gasteiger partial charge is 0.347 e. The fourth-order valence-electron chi connectivity index (χ4n) is 2.71. The molecule has 1 saturated heterocycles. The lowest BCUT2D eigenvalue weighted by atomic mass is 9.85. The van der Waals surface area contributed by atoms with Crippen LogP contribution in [0.5, 0.6) is 0 Å². The maximum atomic E-state index is 12.1. The summed E-state index contributed by atoms with van der Waals surface area (Å²) < 4.78 is 0. The van der Waals surface area contributed by atoms with Crippen LogP contribution < -0.4 is 5.73 Å². The molecule has 0 bridgehead atoms.